The molecule has 29 heavy (non-hydrogen) atoms. The van der Waals surface area contributed by atoms with Crippen LogP contribution in [0.3, 0.4) is 0 Å². The average molecular weight is 453 g/mol. The van der Waals surface area contributed by atoms with Crippen LogP contribution in [0.4, 0.5) is 0 Å². The summed E-state index contributed by atoms with van der Waals surface area (Å²) in [6.45, 7) is 18.6. The maximum absolute atomic E-state index is 5.39. The largest absolute Gasteiger partial charge is 3.00 e. The summed E-state index contributed by atoms with van der Waals surface area (Å²) in [6, 6.07) is 0. The molecule has 0 aromatic heterocycles. The molecule has 6 atom stereocenters. The SMILES string of the molecule is C/C=C/C[CH-]C.C[C@@H]1CC2CC3CCCC3CC2C1[Si](C)(C)[N-]C(C)(C)C.[CH3-].[Ti+3]. The van der Waals surface area contributed by atoms with E-state index in [0.29, 0.717) is 0 Å². The number of unbranched alkanes of at least 4 members (excludes halogenated alkanes) is 1. The number of allylic oxidation sites excluding steroid dienone is 2. The predicted octanol–water partition coefficient (Wildman–Crippen LogP) is 8.84. The molecule has 3 rings (SSSR count). The van der Waals surface area contributed by atoms with Gasteiger partial charge in [0.15, 0.2) is 0 Å². The van der Waals surface area contributed by atoms with Crippen molar-refractivity contribution in [1.82, 2.24) is 0 Å². The standard InChI is InChI=1S/C19H36NSi.C6H11.CH3.Ti/c1-13-10-16-11-14-8-7-9-15(14)12-17(16)18(13)21(5,6)20-19(2,3)4;1-3-5-6-4-2;;/h13-18H,7-12H2,1-6H3;3-5H,6H2,1-2H3;1H3;/q3*-1;+3/b;5-3+;;/t13-,14?,15?,16?,17?,18?;;;/m1.../s1. The minimum atomic E-state index is -1.50. The molecule has 1 radical (unpaired) electrons. The first-order chi connectivity index (χ1) is 12.6. The Labute approximate surface area is 200 Å². The molecule has 3 saturated carbocycles. The zero-order valence-electron chi connectivity index (χ0n) is 21.1. The van der Waals surface area contributed by atoms with Gasteiger partial charge in [-0.15, -0.1) is 11.6 Å². The van der Waals surface area contributed by atoms with Crippen LogP contribution in [0, 0.1) is 43.4 Å². The molecule has 0 aromatic rings. The van der Waals surface area contributed by atoms with Crippen molar-refractivity contribution in [2.24, 2.45) is 29.6 Å². The van der Waals surface area contributed by atoms with Crippen LogP contribution in [0.2, 0.25) is 18.6 Å². The summed E-state index contributed by atoms with van der Waals surface area (Å²) < 4.78 is 0. The third kappa shape index (κ3) is 8.24. The van der Waals surface area contributed by atoms with Gasteiger partial charge >= 0.3 is 21.7 Å². The average Bonchev–Trinajstić information content (AvgIpc) is 3.11. The fourth-order valence-electron chi connectivity index (χ4n) is 7.03. The van der Waals surface area contributed by atoms with Crippen molar-refractivity contribution in [3.05, 3.63) is 31.0 Å². The zero-order valence-corrected chi connectivity index (χ0v) is 23.7. The first-order valence-electron chi connectivity index (χ1n) is 11.7. The predicted molar refractivity (Wildman–Crippen MR) is 131 cm³/mol. The molecule has 167 valence electrons. The van der Waals surface area contributed by atoms with Gasteiger partial charge in [0.05, 0.1) is 0 Å². The number of fused-ring (bicyclic) bond motifs is 2. The Morgan fingerprint density at radius 2 is 1.62 bits per heavy atom. The zero-order chi connectivity index (χ0) is 20.2. The Balaban J connectivity index is 0.000000866. The van der Waals surface area contributed by atoms with Crippen molar-refractivity contribution < 1.29 is 21.7 Å². The van der Waals surface area contributed by atoms with E-state index in [0.717, 1.165) is 41.6 Å². The van der Waals surface area contributed by atoms with E-state index in [1.165, 1.54) is 19.3 Å². The van der Waals surface area contributed by atoms with Crippen LogP contribution in [0.1, 0.15) is 86.5 Å². The fourth-order valence-corrected chi connectivity index (χ4v) is 11.9. The summed E-state index contributed by atoms with van der Waals surface area (Å²) in [5.74, 6) is 5.17. The van der Waals surface area contributed by atoms with Gasteiger partial charge in [0.1, 0.15) is 0 Å². The normalized spacial score (nSPS) is 33.8. The van der Waals surface area contributed by atoms with Crippen molar-refractivity contribution >= 4 is 8.24 Å². The summed E-state index contributed by atoms with van der Waals surface area (Å²) >= 11 is 0. The third-order valence-electron chi connectivity index (χ3n) is 7.40. The summed E-state index contributed by atoms with van der Waals surface area (Å²) in [4.78, 5) is 5.39. The molecule has 3 aliphatic carbocycles. The second-order valence-corrected chi connectivity index (χ2v) is 15.4. The van der Waals surface area contributed by atoms with E-state index in [-0.39, 0.29) is 34.7 Å². The van der Waals surface area contributed by atoms with Crippen LogP contribution in [-0.4, -0.2) is 13.8 Å². The Morgan fingerprint density at radius 3 is 2.10 bits per heavy atom. The molecule has 3 aliphatic rings. The molecule has 0 saturated heterocycles. The van der Waals surface area contributed by atoms with Gasteiger partial charge in [-0.1, -0.05) is 79.9 Å². The van der Waals surface area contributed by atoms with Gasteiger partial charge in [-0.3, -0.25) is 0 Å². The van der Waals surface area contributed by atoms with E-state index >= 15 is 0 Å². The molecule has 1 nitrogen and oxygen atoms in total. The molecule has 0 heterocycles. The Hall–Kier alpha value is 0.631. The van der Waals surface area contributed by atoms with Gasteiger partial charge in [-0.25, -0.2) is 0 Å². The van der Waals surface area contributed by atoms with Gasteiger partial charge < -0.3 is 18.8 Å². The summed E-state index contributed by atoms with van der Waals surface area (Å²) in [5.41, 5.74) is 1.10. The number of nitrogens with zero attached hydrogens (tertiary/aromatic N) is 1. The van der Waals surface area contributed by atoms with E-state index in [4.69, 9.17) is 4.98 Å². The van der Waals surface area contributed by atoms with Crippen LogP contribution < -0.4 is 0 Å². The molecule has 0 spiro atoms. The fraction of sp³-hybridized carbons (Fsp3) is 0.846. The van der Waals surface area contributed by atoms with Gasteiger partial charge in [-0.2, -0.15) is 13.3 Å². The van der Waals surface area contributed by atoms with E-state index in [2.05, 4.69) is 66.3 Å². The van der Waals surface area contributed by atoms with Crippen molar-refractivity contribution in [2.75, 3.05) is 0 Å². The van der Waals surface area contributed by atoms with Crippen LogP contribution in [0.5, 0.6) is 0 Å². The van der Waals surface area contributed by atoms with Gasteiger partial charge in [0.2, 0.25) is 0 Å². The van der Waals surface area contributed by atoms with Gasteiger partial charge in [0, 0.05) is 0 Å². The molecule has 5 unspecified atom stereocenters. The Bertz CT molecular complexity index is 482. The second kappa shape index (κ2) is 12.6. The van der Waals surface area contributed by atoms with Crippen LogP contribution in [0.15, 0.2) is 12.2 Å². The topological polar surface area (TPSA) is 14.1 Å². The van der Waals surface area contributed by atoms with Crippen molar-refractivity contribution in [1.29, 1.82) is 0 Å². The van der Waals surface area contributed by atoms with E-state index < -0.39 is 8.24 Å². The van der Waals surface area contributed by atoms with Gasteiger partial charge in [0.25, 0.3) is 0 Å². The molecule has 0 aromatic carbocycles. The Kier molecular flexibility index (Phi) is 12.9. The monoisotopic (exact) mass is 452 g/mol. The number of hydrogen-bond acceptors (Lipinski definition) is 0. The van der Waals surface area contributed by atoms with Crippen molar-refractivity contribution in [3.63, 3.8) is 0 Å². The van der Waals surface area contributed by atoms with Crippen LogP contribution >= 0.6 is 0 Å². The molecule has 3 fully saturated rings. The van der Waals surface area contributed by atoms with Crippen LogP contribution in [-0.2, 0) is 21.7 Å². The minimum Gasteiger partial charge on any atom is -0.660 e. The van der Waals surface area contributed by atoms with Crippen molar-refractivity contribution in [2.45, 2.75) is 111 Å². The first kappa shape index (κ1) is 29.6. The number of rotatable bonds is 4. The van der Waals surface area contributed by atoms with Crippen molar-refractivity contribution in [3.8, 4) is 0 Å². The van der Waals surface area contributed by atoms with E-state index in [9.17, 15) is 0 Å². The maximum atomic E-state index is 5.39. The molecular weight excluding hydrogens is 402 g/mol. The molecule has 0 aliphatic heterocycles. The summed E-state index contributed by atoms with van der Waals surface area (Å²) in [6.07, 6.45) is 16.6. The second-order valence-electron chi connectivity index (χ2n) is 11.2. The van der Waals surface area contributed by atoms with Gasteiger partial charge in [-0.05, 0) is 55.8 Å². The van der Waals surface area contributed by atoms with E-state index in [1.807, 2.05) is 6.92 Å². The Morgan fingerprint density at radius 1 is 1.03 bits per heavy atom. The first-order valence-corrected chi connectivity index (χ1v) is 14.7. The summed E-state index contributed by atoms with van der Waals surface area (Å²) in [7, 11) is -1.50. The van der Waals surface area contributed by atoms with E-state index in [1.54, 1.807) is 19.3 Å². The summed E-state index contributed by atoms with van der Waals surface area (Å²) in [5, 5.41) is 0. The van der Waals surface area contributed by atoms with Crippen LogP contribution in [0.25, 0.3) is 4.98 Å². The molecule has 3 heteroatoms. The third-order valence-corrected chi connectivity index (χ3v) is 11.3. The molecule has 0 N–H and O–H groups in total. The molecule has 0 amide bonds. The molecular formula is C26H50NSiTi. The number of hydrogen-bond donors (Lipinski definition) is 0. The quantitative estimate of drug-likeness (QED) is 0.230. The minimum absolute atomic E-state index is 0. The molecule has 0 bridgehead atoms. The maximum Gasteiger partial charge on any atom is 3.00 e. The smallest absolute Gasteiger partial charge is 0.660 e.